The summed E-state index contributed by atoms with van der Waals surface area (Å²) in [5.41, 5.74) is 0.227. The lowest BCUT2D eigenvalue weighted by atomic mass is 10.1. The van der Waals surface area contributed by atoms with Gasteiger partial charge in [-0.2, -0.15) is 22.8 Å². The molecule has 0 amide bonds. The van der Waals surface area contributed by atoms with E-state index in [1.165, 1.54) is 18.2 Å². The smallest absolute Gasteiger partial charge is 0.416 e. The number of nitrogens with one attached hydrogen (secondary N) is 1. The lowest BCUT2D eigenvalue weighted by molar-refractivity contribution is -0.137. The van der Waals surface area contributed by atoms with Crippen molar-refractivity contribution >= 4 is 5.65 Å². The second kappa shape index (κ2) is 6.01. The molecule has 2 N–H and O–H groups in total. The first kappa shape index (κ1) is 16.9. The van der Waals surface area contributed by atoms with Crippen LogP contribution in [0.5, 0.6) is 5.88 Å². The molecular weight excluding hydrogens is 359 g/mol. The first-order chi connectivity index (χ1) is 12.8. The molecule has 0 saturated heterocycles. The average Bonchev–Trinajstić information content (AvgIpc) is 3.06. The van der Waals surface area contributed by atoms with E-state index in [1.54, 1.807) is 30.3 Å². The Kier molecular flexibility index (Phi) is 3.76. The molecule has 4 aromatic rings. The van der Waals surface area contributed by atoms with Gasteiger partial charge in [0.2, 0.25) is 5.88 Å². The second-order valence-electron chi connectivity index (χ2n) is 5.92. The number of alkyl halides is 3. The van der Waals surface area contributed by atoms with E-state index in [1.807, 2.05) is 0 Å². The molecule has 0 radical (unpaired) electrons. The van der Waals surface area contributed by atoms with E-state index in [2.05, 4.69) is 10.1 Å². The topological polar surface area (TPSA) is 70.4 Å². The van der Waals surface area contributed by atoms with Gasteiger partial charge in [-0.25, -0.2) is 0 Å². The highest BCUT2D eigenvalue weighted by atomic mass is 19.4. The van der Waals surface area contributed by atoms with Gasteiger partial charge in [0.05, 0.1) is 11.3 Å². The summed E-state index contributed by atoms with van der Waals surface area (Å²) >= 11 is 0. The molecule has 2 aromatic heterocycles. The van der Waals surface area contributed by atoms with Crippen LogP contribution >= 0.6 is 0 Å². The number of rotatable bonds is 2. The summed E-state index contributed by atoms with van der Waals surface area (Å²) in [7, 11) is 0. The largest absolute Gasteiger partial charge is 0.494 e. The molecule has 27 heavy (non-hydrogen) atoms. The molecule has 0 aliphatic rings. The number of nitrogens with zero attached hydrogens (tertiary/aromatic N) is 2. The molecule has 136 valence electrons. The SMILES string of the molecule is O=c1c(-c2ccccc2)c(O)[nH]c2cc(-c3ccc(C(F)(F)F)cc3)nn12. The van der Waals surface area contributed by atoms with Crippen LogP contribution in [0.1, 0.15) is 5.56 Å². The highest BCUT2D eigenvalue weighted by Crippen LogP contribution is 2.31. The minimum atomic E-state index is -4.43. The van der Waals surface area contributed by atoms with Crippen molar-refractivity contribution in [2.24, 2.45) is 0 Å². The van der Waals surface area contributed by atoms with Gasteiger partial charge in [0.25, 0.3) is 5.56 Å². The van der Waals surface area contributed by atoms with Gasteiger partial charge in [-0.1, -0.05) is 42.5 Å². The minimum absolute atomic E-state index is 0.0603. The molecule has 0 fully saturated rings. The maximum Gasteiger partial charge on any atom is 0.416 e. The average molecular weight is 371 g/mol. The van der Waals surface area contributed by atoms with Crippen LogP contribution in [-0.4, -0.2) is 19.7 Å². The lowest BCUT2D eigenvalue weighted by Crippen LogP contribution is -2.17. The van der Waals surface area contributed by atoms with Gasteiger partial charge in [-0.15, -0.1) is 0 Å². The molecule has 8 heteroatoms. The van der Waals surface area contributed by atoms with E-state index in [0.717, 1.165) is 16.6 Å². The predicted octanol–water partition coefficient (Wildman–Crippen LogP) is 4.08. The van der Waals surface area contributed by atoms with Crippen LogP contribution in [0.2, 0.25) is 0 Å². The van der Waals surface area contributed by atoms with Gasteiger partial charge in [0.15, 0.2) is 0 Å². The normalized spacial score (nSPS) is 11.8. The van der Waals surface area contributed by atoms with Crippen LogP contribution < -0.4 is 5.56 Å². The Hall–Kier alpha value is -3.55. The number of hydrogen-bond acceptors (Lipinski definition) is 3. The second-order valence-corrected chi connectivity index (χ2v) is 5.92. The van der Waals surface area contributed by atoms with Crippen LogP contribution in [-0.2, 0) is 6.18 Å². The van der Waals surface area contributed by atoms with Crippen molar-refractivity contribution in [3.8, 4) is 28.3 Å². The van der Waals surface area contributed by atoms with Gasteiger partial charge in [-0.05, 0) is 17.7 Å². The van der Waals surface area contributed by atoms with Gasteiger partial charge in [0, 0.05) is 11.6 Å². The van der Waals surface area contributed by atoms with Crippen molar-refractivity contribution < 1.29 is 18.3 Å². The van der Waals surface area contributed by atoms with Crippen molar-refractivity contribution in [2.75, 3.05) is 0 Å². The molecule has 2 aromatic carbocycles. The quantitative estimate of drug-likeness (QED) is 0.558. The third kappa shape index (κ3) is 2.95. The monoisotopic (exact) mass is 371 g/mol. The molecule has 4 rings (SSSR count). The number of fused-ring (bicyclic) bond motifs is 1. The first-order valence-corrected chi connectivity index (χ1v) is 7.92. The lowest BCUT2D eigenvalue weighted by Gasteiger charge is -2.06. The molecule has 0 unspecified atom stereocenters. The third-order valence-corrected chi connectivity index (χ3v) is 4.17. The Morgan fingerprint density at radius 3 is 2.26 bits per heavy atom. The van der Waals surface area contributed by atoms with Gasteiger partial charge in [0.1, 0.15) is 11.2 Å². The molecule has 0 spiro atoms. The fraction of sp³-hybridized carbons (Fsp3) is 0.0526. The van der Waals surface area contributed by atoms with E-state index in [-0.39, 0.29) is 17.1 Å². The van der Waals surface area contributed by atoms with Crippen LogP contribution in [0.15, 0.2) is 65.5 Å². The maximum absolute atomic E-state index is 12.8. The highest BCUT2D eigenvalue weighted by molar-refractivity contribution is 5.71. The zero-order chi connectivity index (χ0) is 19.2. The van der Waals surface area contributed by atoms with E-state index >= 15 is 0 Å². The maximum atomic E-state index is 12.8. The highest BCUT2D eigenvalue weighted by Gasteiger charge is 2.30. The summed E-state index contributed by atoms with van der Waals surface area (Å²) in [5.74, 6) is -0.308. The predicted molar refractivity (Wildman–Crippen MR) is 93.4 cm³/mol. The van der Waals surface area contributed by atoms with Gasteiger partial charge >= 0.3 is 6.18 Å². The Bertz CT molecular complexity index is 1180. The molecule has 0 aliphatic heterocycles. The van der Waals surface area contributed by atoms with E-state index < -0.39 is 17.3 Å². The molecular formula is C19H12F3N3O2. The van der Waals surface area contributed by atoms with Crippen molar-refractivity contribution in [2.45, 2.75) is 6.18 Å². The first-order valence-electron chi connectivity index (χ1n) is 7.92. The fourth-order valence-corrected chi connectivity index (χ4v) is 2.85. The van der Waals surface area contributed by atoms with E-state index in [9.17, 15) is 23.1 Å². The Morgan fingerprint density at radius 2 is 1.63 bits per heavy atom. The molecule has 0 saturated carbocycles. The van der Waals surface area contributed by atoms with Gasteiger partial charge < -0.3 is 10.1 Å². The summed E-state index contributed by atoms with van der Waals surface area (Å²) < 4.78 is 39.2. The molecule has 5 nitrogen and oxygen atoms in total. The van der Waals surface area contributed by atoms with Gasteiger partial charge in [-0.3, -0.25) is 4.79 Å². The fourth-order valence-electron chi connectivity index (χ4n) is 2.85. The van der Waals surface area contributed by atoms with E-state index in [4.69, 9.17) is 0 Å². The third-order valence-electron chi connectivity index (χ3n) is 4.17. The van der Waals surface area contributed by atoms with Crippen LogP contribution in [0.4, 0.5) is 13.2 Å². The van der Waals surface area contributed by atoms with Crippen molar-refractivity contribution in [3.63, 3.8) is 0 Å². The summed E-state index contributed by atoms with van der Waals surface area (Å²) in [6.07, 6.45) is -4.43. The zero-order valence-corrected chi connectivity index (χ0v) is 13.7. The Balaban J connectivity index is 1.84. The molecule has 0 atom stereocenters. The standard InChI is InChI=1S/C19H12F3N3O2/c20-19(21,22)13-8-6-11(7-9-13)14-10-15-23-17(26)16(18(27)25(15)24-14)12-4-2-1-3-5-12/h1-10,23,26H. The number of halogens is 3. The number of aromatic hydroxyl groups is 1. The van der Waals surface area contributed by atoms with Crippen molar-refractivity contribution in [3.05, 3.63) is 76.6 Å². The number of aromatic amines is 1. The van der Waals surface area contributed by atoms with Crippen LogP contribution in [0, 0.1) is 0 Å². The minimum Gasteiger partial charge on any atom is -0.494 e. The molecule has 0 aliphatic carbocycles. The van der Waals surface area contributed by atoms with Crippen LogP contribution in [0.3, 0.4) is 0 Å². The summed E-state index contributed by atoms with van der Waals surface area (Å²) in [5, 5.41) is 14.4. The van der Waals surface area contributed by atoms with Crippen molar-refractivity contribution in [1.82, 2.24) is 14.6 Å². The van der Waals surface area contributed by atoms with Crippen molar-refractivity contribution in [1.29, 1.82) is 0 Å². The number of aromatic nitrogens is 3. The summed E-state index contributed by atoms with van der Waals surface area (Å²) in [6.45, 7) is 0. The Labute approximate surface area is 150 Å². The number of hydrogen-bond donors (Lipinski definition) is 2. The van der Waals surface area contributed by atoms with E-state index in [0.29, 0.717) is 16.8 Å². The summed E-state index contributed by atoms with van der Waals surface area (Å²) in [6, 6.07) is 14.6. The number of benzene rings is 2. The molecule has 2 heterocycles. The number of H-pyrrole nitrogens is 1. The molecule has 0 bridgehead atoms. The van der Waals surface area contributed by atoms with Crippen LogP contribution in [0.25, 0.3) is 28.0 Å². The zero-order valence-electron chi connectivity index (χ0n) is 13.7. The summed E-state index contributed by atoms with van der Waals surface area (Å²) in [4.78, 5) is 15.5. The Morgan fingerprint density at radius 1 is 0.963 bits per heavy atom.